The number of esters is 1. The van der Waals surface area contributed by atoms with Crippen LogP contribution >= 0.6 is 0 Å². The monoisotopic (exact) mass is 300 g/mol. The molecular weight excluding hydrogens is 284 g/mol. The molecule has 6 heteroatoms. The summed E-state index contributed by atoms with van der Waals surface area (Å²) in [6, 6.07) is 8.90. The summed E-state index contributed by atoms with van der Waals surface area (Å²) in [5.41, 5.74) is 2.55. The van der Waals surface area contributed by atoms with Gasteiger partial charge in [0.05, 0.1) is 17.7 Å². The summed E-state index contributed by atoms with van der Waals surface area (Å²) < 4.78 is 15.5. The molecule has 0 radical (unpaired) electrons. The topological polar surface area (TPSA) is 85.3 Å². The average Bonchev–Trinajstić information content (AvgIpc) is 2.83. The third kappa shape index (κ3) is 4.09. The first kappa shape index (κ1) is 15.6. The van der Waals surface area contributed by atoms with Crippen LogP contribution in [-0.4, -0.2) is 17.7 Å². The average molecular weight is 300 g/mol. The van der Waals surface area contributed by atoms with E-state index in [9.17, 15) is 4.79 Å². The molecular formula is C16H16N2O4. The largest absolute Gasteiger partial charge is 0.489 e. The number of rotatable bonds is 6. The van der Waals surface area contributed by atoms with Crippen molar-refractivity contribution in [3.63, 3.8) is 0 Å². The Kier molecular flexibility index (Phi) is 5.15. The van der Waals surface area contributed by atoms with Crippen molar-refractivity contribution in [2.75, 3.05) is 6.61 Å². The summed E-state index contributed by atoms with van der Waals surface area (Å²) in [5, 5.41) is 12.2. The quantitative estimate of drug-likeness (QED) is 0.762. The van der Waals surface area contributed by atoms with Crippen LogP contribution in [0.3, 0.4) is 0 Å². The standard InChI is InChI=1S/C16H16N2O4/c1-11-15(12(2)22-18-11)10-21-14-5-3-13(4-6-14)9-16(19)20-8-7-17/h3-6H,8-10H2,1-2H3. The van der Waals surface area contributed by atoms with E-state index in [1.165, 1.54) is 0 Å². The van der Waals surface area contributed by atoms with E-state index in [0.29, 0.717) is 12.4 Å². The Morgan fingerprint density at radius 1 is 1.32 bits per heavy atom. The first-order chi connectivity index (χ1) is 10.6. The van der Waals surface area contributed by atoms with Crippen LogP contribution in [0.15, 0.2) is 28.8 Å². The molecule has 0 fully saturated rings. The van der Waals surface area contributed by atoms with Gasteiger partial charge in [0.1, 0.15) is 24.2 Å². The fourth-order valence-corrected chi connectivity index (χ4v) is 1.90. The summed E-state index contributed by atoms with van der Waals surface area (Å²) in [6.45, 7) is 3.86. The van der Waals surface area contributed by atoms with Gasteiger partial charge in [-0.15, -0.1) is 0 Å². The van der Waals surface area contributed by atoms with Crippen LogP contribution in [0.4, 0.5) is 0 Å². The summed E-state index contributed by atoms with van der Waals surface area (Å²) in [4.78, 5) is 11.4. The third-order valence-electron chi connectivity index (χ3n) is 3.13. The maximum Gasteiger partial charge on any atom is 0.311 e. The highest BCUT2D eigenvalue weighted by Crippen LogP contribution is 2.18. The molecule has 2 rings (SSSR count). The molecule has 0 aliphatic carbocycles. The smallest absolute Gasteiger partial charge is 0.311 e. The van der Waals surface area contributed by atoms with Gasteiger partial charge in [-0.2, -0.15) is 5.26 Å². The molecule has 0 amide bonds. The molecule has 6 nitrogen and oxygen atoms in total. The molecule has 114 valence electrons. The minimum Gasteiger partial charge on any atom is -0.489 e. The molecule has 0 unspecified atom stereocenters. The fraction of sp³-hybridized carbons (Fsp3) is 0.312. The number of hydrogen-bond donors (Lipinski definition) is 0. The van der Waals surface area contributed by atoms with Crippen LogP contribution in [0.2, 0.25) is 0 Å². The van der Waals surface area contributed by atoms with Crippen molar-refractivity contribution in [1.82, 2.24) is 5.16 Å². The molecule has 0 atom stereocenters. The second-order valence-corrected chi connectivity index (χ2v) is 4.73. The maximum absolute atomic E-state index is 11.4. The zero-order valence-electron chi connectivity index (χ0n) is 12.5. The third-order valence-corrected chi connectivity index (χ3v) is 3.13. The van der Waals surface area contributed by atoms with Crippen LogP contribution in [0.25, 0.3) is 0 Å². The predicted octanol–water partition coefficient (Wildman–Crippen LogP) is 2.48. The molecule has 0 aliphatic rings. The van der Waals surface area contributed by atoms with Gasteiger partial charge in [0.15, 0.2) is 6.61 Å². The lowest BCUT2D eigenvalue weighted by Crippen LogP contribution is -2.08. The molecule has 1 aromatic carbocycles. The van der Waals surface area contributed by atoms with E-state index in [1.807, 2.05) is 13.8 Å². The Morgan fingerprint density at radius 2 is 2.05 bits per heavy atom. The molecule has 0 spiro atoms. The summed E-state index contributed by atoms with van der Waals surface area (Å²) in [7, 11) is 0. The van der Waals surface area contributed by atoms with Gasteiger partial charge in [0.2, 0.25) is 0 Å². The van der Waals surface area contributed by atoms with E-state index >= 15 is 0 Å². The molecule has 0 saturated heterocycles. The van der Waals surface area contributed by atoms with Crippen molar-refractivity contribution < 1.29 is 18.8 Å². The molecule has 0 N–H and O–H groups in total. The van der Waals surface area contributed by atoms with Crippen LogP contribution in [0.1, 0.15) is 22.6 Å². The summed E-state index contributed by atoms with van der Waals surface area (Å²) >= 11 is 0. The predicted molar refractivity (Wildman–Crippen MR) is 77.0 cm³/mol. The molecule has 1 aromatic heterocycles. The van der Waals surface area contributed by atoms with Gasteiger partial charge in [0, 0.05) is 0 Å². The van der Waals surface area contributed by atoms with Gasteiger partial charge in [-0.25, -0.2) is 0 Å². The minimum atomic E-state index is -0.425. The van der Waals surface area contributed by atoms with Crippen molar-refractivity contribution in [2.45, 2.75) is 26.9 Å². The Balaban J connectivity index is 1.89. The highest BCUT2D eigenvalue weighted by atomic mass is 16.5. The van der Waals surface area contributed by atoms with E-state index in [1.54, 1.807) is 30.3 Å². The summed E-state index contributed by atoms with van der Waals surface area (Å²) in [5.74, 6) is 1.01. The van der Waals surface area contributed by atoms with Crippen LogP contribution < -0.4 is 4.74 Å². The van der Waals surface area contributed by atoms with Gasteiger partial charge in [-0.1, -0.05) is 17.3 Å². The second kappa shape index (κ2) is 7.27. The Morgan fingerprint density at radius 3 is 2.64 bits per heavy atom. The lowest BCUT2D eigenvalue weighted by molar-refractivity contribution is -0.141. The van der Waals surface area contributed by atoms with E-state index in [2.05, 4.69) is 5.16 Å². The van der Waals surface area contributed by atoms with Crippen LogP contribution in [0.5, 0.6) is 5.75 Å². The van der Waals surface area contributed by atoms with Crippen molar-refractivity contribution in [1.29, 1.82) is 5.26 Å². The van der Waals surface area contributed by atoms with Crippen molar-refractivity contribution in [2.24, 2.45) is 0 Å². The number of nitrogens with zero attached hydrogens (tertiary/aromatic N) is 2. The fourth-order valence-electron chi connectivity index (χ4n) is 1.90. The van der Waals surface area contributed by atoms with E-state index in [4.69, 9.17) is 19.3 Å². The van der Waals surface area contributed by atoms with E-state index in [-0.39, 0.29) is 13.0 Å². The van der Waals surface area contributed by atoms with Gasteiger partial charge >= 0.3 is 5.97 Å². The number of aromatic nitrogens is 1. The molecule has 0 aliphatic heterocycles. The minimum absolute atomic E-state index is 0.131. The van der Waals surface area contributed by atoms with E-state index in [0.717, 1.165) is 22.6 Å². The first-order valence-corrected chi connectivity index (χ1v) is 6.76. The van der Waals surface area contributed by atoms with Gasteiger partial charge in [-0.05, 0) is 31.5 Å². The Hall–Kier alpha value is -2.81. The number of hydrogen-bond acceptors (Lipinski definition) is 6. The molecule has 2 aromatic rings. The van der Waals surface area contributed by atoms with Crippen LogP contribution in [0, 0.1) is 25.2 Å². The van der Waals surface area contributed by atoms with Gasteiger partial charge in [-0.3, -0.25) is 4.79 Å². The molecule has 22 heavy (non-hydrogen) atoms. The Bertz CT molecular complexity index is 664. The normalized spacial score (nSPS) is 10.0. The van der Waals surface area contributed by atoms with Gasteiger partial charge < -0.3 is 14.0 Å². The molecule has 1 heterocycles. The first-order valence-electron chi connectivity index (χ1n) is 6.76. The zero-order chi connectivity index (χ0) is 15.9. The highest BCUT2D eigenvalue weighted by Gasteiger charge is 2.10. The lowest BCUT2D eigenvalue weighted by Gasteiger charge is -2.07. The number of nitriles is 1. The zero-order valence-corrected chi connectivity index (χ0v) is 12.5. The molecule has 0 saturated carbocycles. The van der Waals surface area contributed by atoms with Crippen molar-refractivity contribution >= 4 is 5.97 Å². The number of carbonyl (C=O) groups is 1. The highest BCUT2D eigenvalue weighted by molar-refractivity contribution is 5.72. The maximum atomic E-state index is 11.4. The van der Waals surface area contributed by atoms with E-state index < -0.39 is 5.97 Å². The molecule has 0 bridgehead atoms. The number of carbonyl (C=O) groups excluding carboxylic acids is 1. The number of ether oxygens (including phenoxy) is 2. The van der Waals surface area contributed by atoms with Crippen LogP contribution in [-0.2, 0) is 22.6 Å². The summed E-state index contributed by atoms with van der Waals surface area (Å²) in [6.07, 6.45) is 0.131. The van der Waals surface area contributed by atoms with Crippen molar-refractivity contribution in [3.05, 3.63) is 46.8 Å². The van der Waals surface area contributed by atoms with Gasteiger partial charge in [0.25, 0.3) is 0 Å². The second-order valence-electron chi connectivity index (χ2n) is 4.73. The Labute approximate surface area is 128 Å². The van der Waals surface area contributed by atoms with Crippen molar-refractivity contribution in [3.8, 4) is 11.8 Å². The number of benzene rings is 1. The number of aryl methyl sites for hydroxylation is 2. The SMILES string of the molecule is Cc1noc(C)c1COc1ccc(CC(=O)OCC#N)cc1. The lowest BCUT2D eigenvalue weighted by atomic mass is 10.1.